The average molecular weight is 276 g/mol. The van der Waals surface area contributed by atoms with E-state index in [1.807, 2.05) is 0 Å². The number of phenols is 1. The SMILES string of the molecule is COc1ccc(-c2nc(CC3CCCO3)no2)c(O)c1. The molecule has 6 nitrogen and oxygen atoms in total. The third kappa shape index (κ3) is 2.60. The summed E-state index contributed by atoms with van der Waals surface area (Å²) < 4.78 is 15.8. The number of rotatable bonds is 4. The molecule has 1 atom stereocenters. The number of methoxy groups -OCH3 is 1. The van der Waals surface area contributed by atoms with E-state index in [9.17, 15) is 5.11 Å². The molecule has 1 fully saturated rings. The number of phenolic OH excluding ortho intramolecular Hbond substituents is 1. The van der Waals surface area contributed by atoms with Crippen LogP contribution in [0.2, 0.25) is 0 Å². The highest BCUT2D eigenvalue weighted by Gasteiger charge is 2.20. The maximum atomic E-state index is 9.94. The standard InChI is InChI=1S/C14H16N2O4/c1-18-9-4-5-11(12(17)7-9)14-15-13(16-20-14)8-10-3-2-6-19-10/h4-5,7,10,17H,2-3,6,8H2,1H3. The van der Waals surface area contributed by atoms with Crippen molar-refractivity contribution in [2.24, 2.45) is 0 Å². The zero-order chi connectivity index (χ0) is 13.9. The predicted octanol–water partition coefficient (Wildman–Crippen LogP) is 2.17. The summed E-state index contributed by atoms with van der Waals surface area (Å²) >= 11 is 0. The van der Waals surface area contributed by atoms with E-state index in [0.717, 1.165) is 19.4 Å². The van der Waals surface area contributed by atoms with Gasteiger partial charge in [0.2, 0.25) is 0 Å². The van der Waals surface area contributed by atoms with E-state index in [2.05, 4.69) is 10.1 Å². The van der Waals surface area contributed by atoms with Crippen molar-refractivity contribution in [1.82, 2.24) is 10.1 Å². The third-order valence-corrected chi connectivity index (χ3v) is 3.34. The normalized spacial score (nSPS) is 18.4. The second kappa shape index (κ2) is 5.50. The van der Waals surface area contributed by atoms with Gasteiger partial charge in [0.1, 0.15) is 11.5 Å². The van der Waals surface area contributed by atoms with Crippen LogP contribution in [0.3, 0.4) is 0 Å². The molecule has 6 heteroatoms. The molecule has 0 saturated carbocycles. The van der Waals surface area contributed by atoms with Gasteiger partial charge < -0.3 is 19.1 Å². The number of benzene rings is 1. The first kappa shape index (κ1) is 12.9. The molecule has 0 aliphatic carbocycles. The smallest absolute Gasteiger partial charge is 0.261 e. The summed E-state index contributed by atoms with van der Waals surface area (Å²) in [6.45, 7) is 0.800. The lowest BCUT2D eigenvalue weighted by molar-refractivity contribution is 0.109. The number of nitrogens with zero attached hydrogens (tertiary/aromatic N) is 2. The second-order valence-electron chi connectivity index (χ2n) is 4.74. The molecule has 0 spiro atoms. The highest BCUT2D eigenvalue weighted by atomic mass is 16.5. The van der Waals surface area contributed by atoms with Crippen LogP contribution in [-0.2, 0) is 11.2 Å². The number of hydrogen-bond donors (Lipinski definition) is 1. The fourth-order valence-electron chi connectivity index (χ4n) is 2.27. The first-order chi connectivity index (χ1) is 9.76. The Balaban J connectivity index is 1.78. The maximum Gasteiger partial charge on any atom is 0.261 e. The summed E-state index contributed by atoms with van der Waals surface area (Å²) in [7, 11) is 1.54. The summed E-state index contributed by atoms with van der Waals surface area (Å²) in [5, 5.41) is 13.9. The van der Waals surface area contributed by atoms with Crippen LogP contribution in [0, 0.1) is 0 Å². The Kier molecular flexibility index (Phi) is 3.56. The van der Waals surface area contributed by atoms with E-state index in [0.29, 0.717) is 29.4 Å². The van der Waals surface area contributed by atoms with Gasteiger partial charge in [-0.25, -0.2) is 0 Å². The van der Waals surface area contributed by atoms with E-state index >= 15 is 0 Å². The van der Waals surface area contributed by atoms with Crippen molar-refractivity contribution in [3.63, 3.8) is 0 Å². The summed E-state index contributed by atoms with van der Waals surface area (Å²) in [6.07, 6.45) is 2.91. The van der Waals surface area contributed by atoms with Crippen LogP contribution in [0.25, 0.3) is 11.5 Å². The Bertz CT molecular complexity index is 591. The summed E-state index contributed by atoms with van der Waals surface area (Å²) in [5.74, 6) is 1.53. The molecule has 0 radical (unpaired) electrons. The third-order valence-electron chi connectivity index (χ3n) is 3.34. The molecule has 0 amide bonds. The van der Waals surface area contributed by atoms with Gasteiger partial charge in [0.05, 0.1) is 18.8 Å². The quantitative estimate of drug-likeness (QED) is 0.922. The molecular weight excluding hydrogens is 260 g/mol. The molecule has 2 aromatic rings. The molecule has 1 aromatic carbocycles. The zero-order valence-electron chi connectivity index (χ0n) is 11.2. The monoisotopic (exact) mass is 276 g/mol. The Morgan fingerprint density at radius 1 is 1.45 bits per heavy atom. The van der Waals surface area contributed by atoms with Crippen molar-refractivity contribution in [1.29, 1.82) is 0 Å². The van der Waals surface area contributed by atoms with Gasteiger partial charge in [0.15, 0.2) is 5.82 Å². The molecule has 3 rings (SSSR count). The highest BCUT2D eigenvalue weighted by molar-refractivity contribution is 5.63. The first-order valence-electron chi connectivity index (χ1n) is 6.58. The minimum Gasteiger partial charge on any atom is -0.507 e. The molecule has 1 aromatic heterocycles. The van der Waals surface area contributed by atoms with E-state index in [1.54, 1.807) is 19.2 Å². The maximum absolute atomic E-state index is 9.94. The number of aromatic hydroxyl groups is 1. The van der Waals surface area contributed by atoms with Crippen LogP contribution in [-0.4, -0.2) is 35.1 Å². The van der Waals surface area contributed by atoms with Crippen LogP contribution >= 0.6 is 0 Å². The number of ether oxygens (including phenoxy) is 2. The molecule has 106 valence electrons. The van der Waals surface area contributed by atoms with E-state index in [4.69, 9.17) is 14.0 Å². The van der Waals surface area contributed by atoms with Crippen LogP contribution in [0.15, 0.2) is 22.7 Å². The molecule has 1 saturated heterocycles. The van der Waals surface area contributed by atoms with Gasteiger partial charge in [-0.15, -0.1) is 0 Å². The van der Waals surface area contributed by atoms with Crippen molar-refractivity contribution in [3.8, 4) is 23.0 Å². The molecule has 20 heavy (non-hydrogen) atoms. The second-order valence-corrected chi connectivity index (χ2v) is 4.74. The minimum atomic E-state index is 0.0525. The number of hydrogen-bond acceptors (Lipinski definition) is 6. The molecule has 1 aliphatic heterocycles. The zero-order valence-corrected chi connectivity index (χ0v) is 11.2. The summed E-state index contributed by atoms with van der Waals surface area (Å²) in [6, 6.07) is 4.94. The lowest BCUT2D eigenvalue weighted by atomic mass is 10.1. The fourth-order valence-corrected chi connectivity index (χ4v) is 2.27. The van der Waals surface area contributed by atoms with Gasteiger partial charge in [0, 0.05) is 19.1 Å². The number of aromatic nitrogens is 2. The van der Waals surface area contributed by atoms with E-state index < -0.39 is 0 Å². The van der Waals surface area contributed by atoms with Crippen LogP contribution < -0.4 is 4.74 Å². The van der Waals surface area contributed by atoms with E-state index in [1.165, 1.54) is 6.07 Å². The van der Waals surface area contributed by atoms with Crippen LogP contribution in [0.1, 0.15) is 18.7 Å². The molecule has 0 bridgehead atoms. The van der Waals surface area contributed by atoms with Crippen molar-refractivity contribution >= 4 is 0 Å². The minimum absolute atomic E-state index is 0.0525. The Morgan fingerprint density at radius 3 is 3.05 bits per heavy atom. The van der Waals surface area contributed by atoms with E-state index in [-0.39, 0.29) is 11.9 Å². The molecule has 1 unspecified atom stereocenters. The largest absolute Gasteiger partial charge is 0.507 e. The Labute approximate surface area is 116 Å². The van der Waals surface area contributed by atoms with Gasteiger partial charge in [-0.3, -0.25) is 0 Å². The lowest BCUT2D eigenvalue weighted by Crippen LogP contribution is -2.09. The summed E-state index contributed by atoms with van der Waals surface area (Å²) in [5.41, 5.74) is 0.497. The molecular formula is C14H16N2O4. The predicted molar refractivity (Wildman–Crippen MR) is 70.6 cm³/mol. The molecule has 2 heterocycles. The first-order valence-corrected chi connectivity index (χ1v) is 6.58. The average Bonchev–Trinajstić information content (AvgIpc) is 3.11. The van der Waals surface area contributed by atoms with Gasteiger partial charge in [0.25, 0.3) is 5.89 Å². The Hall–Kier alpha value is -2.08. The van der Waals surface area contributed by atoms with Crippen molar-refractivity contribution in [2.45, 2.75) is 25.4 Å². The van der Waals surface area contributed by atoms with Gasteiger partial charge >= 0.3 is 0 Å². The Morgan fingerprint density at radius 2 is 2.35 bits per heavy atom. The fraction of sp³-hybridized carbons (Fsp3) is 0.429. The van der Waals surface area contributed by atoms with Crippen molar-refractivity contribution in [2.75, 3.05) is 13.7 Å². The van der Waals surface area contributed by atoms with Crippen LogP contribution in [0.5, 0.6) is 11.5 Å². The van der Waals surface area contributed by atoms with Crippen LogP contribution in [0.4, 0.5) is 0 Å². The molecule has 1 aliphatic rings. The summed E-state index contributed by atoms with van der Waals surface area (Å²) in [4.78, 5) is 4.30. The van der Waals surface area contributed by atoms with Gasteiger partial charge in [-0.1, -0.05) is 5.16 Å². The highest BCUT2D eigenvalue weighted by Crippen LogP contribution is 2.31. The van der Waals surface area contributed by atoms with Gasteiger partial charge in [-0.2, -0.15) is 4.98 Å². The van der Waals surface area contributed by atoms with Gasteiger partial charge in [-0.05, 0) is 25.0 Å². The van der Waals surface area contributed by atoms with Crippen molar-refractivity contribution in [3.05, 3.63) is 24.0 Å². The topological polar surface area (TPSA) is 77.6 Å². The molecule has 1 N–H and O–H groups in total. The lowest BCUT2D eigenvalue weighted by Gasteiger charge is -2.04. The van der Waals surface area contributed by atoms with Crippen molar-refractivity contribution < 1.29 is 19.1 Å².